The van der Waals surface area contributed by atoms with Gasteiger partial charge in [-0.1, -0.05) is 30.7 Å². The highest BCUT2D eigenvalue weighted by Gasteiger charge is 2.20. The molecule has 0 spiro atoms. The Bertz CT molecular complexity index is 1010. The zero-order valence-electron chi connectivity index (χ0n) is 15.0. The Morgan fingerprint density at radius 1 is 1.15 bits per heavy atom. The van der Waals surface area contributed by atoms with Crippen molar-refractivity contribution in [3.8, 4) is 16.9 Å². The van der Waals surface area contributed by atoms with E-state index < -0.39 is 12.1 Å². The third-order valence-electron chi connectivity index (χ3n) is 4.10. The van der Waals surface area contributed by atoms with E-state index in [4.69, 9.17) is 25.5 Å². The van der Waals surface area contributed by atoms with E-state index >= 15 is 0 Å². The highest BCUT2D eigenvalue weighted by molar-refractivity contribution is 6.30. The minimum atomic E-state index is -0.706. The van der Waals surface area contributed by atoms with E-state index in [1.54, 1.807) is 49.4 Å². The molecule has 0 saturated heterocycles. The summed E-state index contributed by atoms with van der Waals surface area (Å²) in [7, 11) is 0. The first-order valence-electron chi connectivity index (χ1n) is 8.68. The van der Waals surface area contributed by atoms with E-state index in [1.165, 1.54) is 6.26 Å². The molecule has 0 fully saturated rings. The summed E-state index contributed by atoms with van der Waals surface area (Å²) >= 11 is 5.90. The lowest BCUT2D eigenvalue weighted by molar-refractivity contribution is -0.151. The summed E-state index contributed by atoms with van der Waals surface area (Å²) in [5.74, 6) is 0.0180. The second-order valence-corrected chi connectivity index (χ2v) is 6.35. The lowest BCUT2D eigenvalue weighted by Gasteiger charge is -2.16. The number of fused-ring (bicyclic) bond motifs is 1. The van der Waals surface area contributed by atoms with Crippen LogP contribution in [-0.4, -0.2) is 18.7 Å². The summed E-state index contributed by atoms with van der Waals surface area (Å²) in [6.45, 7) is 3.87. The van der Waals surface area contributed by atoms with Crippen molar-refractivity contribution in [3.63, 3.8) is 0 Å². The number of carbonyl (C=O) groups excluding carboxylic acids is 1. The molecule has 1 unspecified atom stereocenters. The molecule has 1 aromatic heterocycles. The van der Waals surface area contributed by atoms with Crippen LogP contribution in [0.3, 0.4) is 0 Å². The molecule has 5 nitrogen and oxygen atoms in total. The minimum Gasteiger partial charge on any atom is -0.479 e. The fourth-order valence-corrected chi connectivity index (χ4v) is 2.83. The predicted molar refractivity (Wildman–Crippen MR) is 104 cm³/mol. The van der Waals surface area contributed by atoms with Gasteiger partial charge in [-0.2, -0.15) is 0 Å². The van der Waals surface area contributed by atoms with Gasteiger partial charge in [0, 0.05) is 11.1 Å². The van der Waals surface area contributed by atoms with Gasteiger partial charge in [0.25, 0.3) is 0 Å². The molecule has 0 saturated carbocycles. The van der Waals surface area contributed by atoms with E-state index in [0.717, 1.165) is 5.56 Å². The van der Waals surface area contributed by atoms with Gasteiger partial charge in [-0.05, 0) is 43.2 Å². The summed E-state index contributed by atoms with van der Waals surface area (Å²) in [6.07, 6.45) is 1.18. The summed E-state index contributed by atoms with van der Waals surface area (Å²) < 4.78 is 16.3. The molecule has 0 radical (unpaired) electrons. The van der Waals surface area contributed by atoms with E-state index in [9.17, 15) is 9.59 Å². The Morgan fingerprint density at radius 2 is 1.89 bits per heavy atom. The van der Waals surface area contributed by atoms with Gasteiger partial charge in [-0.15, -0.1) is 0 Å². The molecule has 0 N–H and O–H groups in total. The molecule has 2 aromatic carbocycles. The number of benzene rings is 2. The molecule has 0 bridgehead atoms. The van der Waals surface area contributed by atoms with Crippen molar-refractivity contribution in [1.82, 2.24) is 0 Å². The lowest BCUT2D eigenvalue weighted by Crippen LogP contribution is -2.28. The number of carbonyl (C=O) groups is 1. The van der Waals surface area contributed by atoms with Crippen LogP contribution in [-0.2, 0) is 9.53 Å². The smallest absolute Gasteiger partial charge is 0.347 e. The van der Waals surface area contributed by atoms with Crippen molar-refractivity contribution < 1.29 is 18.7 Å². The summed E-state index contributed by atoms with van der Waals surface area (Å²) in [5.41, 5.74) is 1.41. The molecule has 3 rings (SSSR count). The monoisotopic (exact) mass is 386 g/mol. The van der Waals surface area contributed by atoms with Crippen molar-refractivity contribution in [2.24, 2.45) is 0 Å². The molecule has 0 amide bonds. The van der Waals surface area contributed by atoms with Gasteiger partial charge in [0.2, 0.25) is 0 Å². The van der Waals surface area contributed by atoms with E-state index in [0.29, 0.717) is 40.3 Å². The molecule has 1 atom stereocenters. The van der Waals surface area contributed by atoms with Gasteiger partial charge in [-0.25, -0.2) is 4.79 Å². The second kappa shape index (κ2) is 8.27. The number of esters is 1. The first-order valence-corrected chi connectivity index (χ1v) is 9.06. The molecular weight excluding hydrogens is 368 g/mol. The number of hydrogen-bond donors (Lipinski definition) is 0. The summed E-state index contributed by atoms with van der Waals surface area (Å²) in [5, 5.41) is 1.02. The van der Waals surface area contributed by atoms with Gasteiger partial charge < -0.3 is 13.9 Å². The van der Waals surface area contributed by atoms with Crippen LogP contribution < -0.4 is 10.2 Å². The Hall–Kier alpha value is -2.79. The Morgan fingerprint density at radius 3 is 2.56 bits per heavy atom. The summed E-state index contributed by atoms with van der Waals surface area (Å²) in [4.78, 5) is 24.7. The Labute approximate surface area is 161 Å². The van der Waals surface area contributed by atoms with Crippen molar-refractivity contribution in [2.45, 2.75) is 26.4 Å². The van der Waals surface area contributed by atoms with Gasteiger partial charge in [0.1, 0.15) is 17.6 Å². The maximum absolute atomic E-state index is 12.8. The average molecular weight is 387 g/mol. The zero-order valence-corrected chi connectivity index (χ0v) is 15.8. The molecule has 140 valence electrons. The highest BCUT2D eigenvalue weighted by Crippen LogP contribution is 2.25. The second-order valence-electron chi connectivity index (χ2n) is 5.91. The van der Waals surface area contributed by atoms with Crippen LogP contribution in [0.15, 0.2) is 57.9 Å². The molecule has 3 aromatic rings. The fraction of sp³-hybridized carbons (Fsp3) is 0.238. The van der Waals surface area contributed by atoms with Crippen LogP contribution in [0, 0.1) is 0 Å². The van der Waals surface area contributed by atoms with Crippen LogP contribution in [0.5, 0.6) is 5.75 Å². The topological polar surface area (TPSA) is 65.7 Å². The van der Waals surface area contributed by atoms with E-state index in [2.05, 4.69) is 0 Å². The van der Waals surface area contributed by atoms with Gasteiger partial charge >= 0.3 is 5.97 Å². The zero-order chi connectivity index (χ0) is 19.4. The fourth-order valence-electron chi connectivity index (χ4n) is 2.71. The lowest BCUT2D eigenvalue weighted by atomic mass is 10.1. The first kappa shape index (κ1) is 19.0. The molecule has 1 heterocycles. The van der Waals surface area contributed by atoms with Crippen LogP contribution in [0.2, 0.25) is 5.02 Å². The molecule has 27 heavy (non-hydrogen) atoms. The third kappa shape index (κ3) is 4.14. The van der Waals surface area contributed by atoms with Gasteiger partial charge in [0.05, 0.1) is 17.6 Å². The highest BCUT2D eigenvalue weighted by atomic mass is 35.5. The average Bonchev–Trinajstić information content (AvgIpc) is 2.67. The summed E-state index contributed by atoms with van der Waals surface area (Å²) in [6, 6.07) is 11.9. The maximum Gasteiger partial charge on any atom is 0.347 e. The number of hydrogen-bond acceptors (Lipinski definition) is 5. The molecular formula is C21H19ClO5. The quantitative estimate of drug-likeness (QED) is 0.567. The van der Waals surface area contributed by atoms with Crippen molar-refractivity contribution in [1.29, 1.82) is 0 Å². The Kier molecular flexibility index (Phi) is 5.81. The Balaban J connectivity index is 1.93. The first-order chi connectivity index (χ1) is 13.0. The van der Waals surface area contributed by atoms with Crippen LogP contribution in [0.1, 0.15) is 20.3 Å². The van der Waals surface area contributed by atoms with Crippen molar-refractivity contribution >= 4 is 28.5 Å². The van der Waals surface area contributed by atoms with Crippen molar-refractivity contribution in [3.05, 3.63) is 64.0 Å². The largest absolute Gasteiger partial charge is 0.479 e. The van der Waals surface area contributed by atoms with E-state index in [1.807, 2.05) is 6.92 Å². The van der Waals surface area contributed by atoms with Gasteiger partial charge in [-0.3, -0.25) is 4.79 Å². The molecule has 0 aliphatic heterocycles. The van der Waals surface area contributed by atoms with Crippen LogP contribution in [0.4, 0.5) is 0 Å². The predicted octanol–water partition coefficient (Wildman–Crippen LogP) is 4.83. The standard InChI is InChI=1S/C21H19ClO5/c1-3-18(21(24)25-4-2)27-15-9-10-16-19(11-15)26-12-17(20(16)23)13-5-7-14(22)8-6-13/h5-12,18H,3-4H2,1-2H3. The normalized spacial score (nSPS) is 12.0. The number of rotatable bonds is 6. The number of ether oxygens (including phenoxy) is 2. The van der Waals surface area contributed by atoms with E-state index in [-0.39, 0.29) is 5.43 Å². The molecule has 0 aliphatic carbocycles. The SMILES string of the molecule is CCOC(=O)C(CC)Oc1ccc2c(=O)c(-c3ccc(Cl)cc3)coc2c1. The van der Waals surface area contributed by atoms with Crippen LogP contribution in [0.25, 0.3) is 22.1 Å². The molecule has 0 aliphatic rings. The maximum atomic E-state index is 12.8. The third-order valence-corrected chi connectivity index (χ3v) is 4.35. The van der Waals surface area contributed by atoms with Gasteiger partial charge in [0.15, 0.2) is 11.5 Å². The molecule has 6 heteroatoms. The van der Waals surface area contributed by atoms with Crippen molar-refractivity contribution in [2.75, 3.05) is 6.61 Å². The van der Waals surface area contributed by atoms with Crippen LogP contribution >= 0.6 is 11.6 Å². The number of halogens is 1. The minimum absolute atomic E-state index is 0.150.